The molecule has 0 spiro atoms. The fourth-order valence-electron chi connectivity index (χ4n) is 2.80. The lowest BCUT2D eigenvalue weighted by Crippen LogP contribution is -2.27. The third-order valence-corrected chi connectivity index (χ3v) is 4.36. The number of benzene rings is 1. The molecule has 0 atom stereocenters. The molecule has 0 aliphatic heterocycles. The zero-order chi connectivity index (χ0) is 19.1. The lowest BCUT2D eigenvalue weighted by Gasteiger charge is -2.16. The van der Waals surface area contributed by atoms with E-state index in [-0.39, 0.29) is 17.7 Å². The molecule has 0 saturated heterocycles. The first-order chi connectivity index (χ1) is 12.4. The predicted octanol–water partition coefficient (Wildman–Crippen LogP) is 2.65. The zero-order valence-corrected chi connectivity index (χ0v) is 15.3. The van der Waals surface area contributed by atoms with E-state index in [2.05, 4.69) is 9.72 Å². The Hall–Kier alpha value is -2.83. The van der Waals surface area contributed by atoms with Crippen molar-refractivity contribution in [3.63, 3.8) is 0 Å². The number of carbonyl (C=O) groups is 2. The second-order valence-electron chi connectivity index (χ2n) is 6.37. The van der Waals surface area contributed by atoms with Crippen molar-refractivity contribution in [3.05, 3.63) is 35.5 Å². The van der Waals surface area contributed by atoms with Crippen molar-refractivity contribution in [1.29, 1.82) is 5.41 Å². The fraction of sp³-hybridized carbons (Fsp3) is 0.421. The average molecular weight is 358 g/mol. The van der Waals surface area contributed by atoms with Crippen LogP contribution >= 0.6 is 0 Å². The average Bonchev–Trinajstić information content (AvgIpc) is 3.06. The van der Waals surface area contributed by atoms with E-state index in [1.807, 2.05) is 6.07 Å². The number of amides is 1. The van der Waals surface area contributed by atoms with Crippen molar-refractivity contribution in [2.45, 2.75) is 32.1 Å². The van der Waals surface area contributed by atoms with Gasteiger partial charge in [0.15, 0.2) is 0 Å². The number of amidine groups is 1. The van der Waals surface area contributed by atoms with Gasteiger partial charge < -0.3 is 20.4 Å². The highest BCUT2D eigenvalue weighted by Gasteiger charge is 2.14. The second kappa shape index (κ2) is 9.03. The van der Waals surface area contributed by atoms with Crippen LogP contribution in [0.5, 0.6) is 0 Å². The van der Waals surface area contributed by atoms with Gasteiger partial charge in [-0.3, -0.25) is 15.0 Å². The van der Waals surface area contributed by atoms with Gasteiger partial charge in [-0.25, -0.2) is 0 Å². The summed E-state index contributed by atoms with van der Waals surface area (Å²) in [5.74, 6) is -0.241. The number of aromatic amines is 1. The van der Waals surface area contributed by atoms with Gasteiger partial charge in [0.1, 0.15) is 11.5 Å². The Labute approximate surface area is 153 Å². The quantitative estimate of drug-likeness (QED) is 0.277. The highest BCUT2D eigenvalue weighted by Crippen LogP contribution is 2.18. The van der Waals surface area contributed by atoms with E-state index < -0.39 is 0 Å². The number of hydrogen-bond donors (Lipinski definition) is 3. The molecule has 26 heavy (non-hydrogen) atoms. The summed E-state index contributed by atoms with van der Waals surface area (Å²) in [7, 11) is 3.18. The van der Waals surface area contributed by atoms with E-state index >= 15 is 0 Å². The molecule has 140 valence electrons. The van der Waals surface area contributed by atoms with Gasteiger partial charge in [0.05, 0.1) is 7.11 Å². The molecule has 0 aliphatic rings. The van der Waals surface area contributed by atoms with E-state index in [0.717, 1.165) is 36.6 Å². The predicted molar refractivity (Wildman–Crippen MR) is 101 cm³/mol. The summed E-state index contributed by atoms with van der Waals surface area (Å²) < 4.78 is 4.61. The summed E-state index contributed by atoms with van der Waals surface area (Å²) in [4.78, 5) is 28.4. The Morgan fingerprint density at radius 1 is 1.19 bits per heavy atom. The van der Waals surface area contributed by atoms with Gasteiger partial charge in [-0.15, -0.1) is 0 Å². The second-order valence-corrected chi connectivity index (χ2v) is 6.37. The van der Waals surface area contributed by atoms with Crippen LogP contribution in [0, 0.1) is 5.41 Å². The van der Waals surface area contributed by atoms with Crippen LogP contribution in [-0.4, -0.2) is 48.3 Å². The van der Waals surface area contributed by atoms with E-state index in [9.17, 15) is 9.59 Å². The van der Waals surface area contributed by atoms with Crippen LogP contribution in [0.3, 0.4) is 0 Å². The van der Waals surface area contributed by atoms with Gasteiger partial charge in [-0.1, -0.05) is 12.8 Å². The van der Waals surface area contributed by atoms with Crippen LogP contribution < -0.4 is 5.73 Å². The lowest BCUT2D eigenvalue weighted by molar-refractivity contribution is -0.140. The molecule has 1 aromatic carbocycles. The van der Waals surface area contributed by atoms with Crippen molar-refractivity contribution in [2.24, 2.45) is 5.73 Å². The normalized spacial score (nSPS) is 10.7. The summed E-state index contributed by atoms with van der Waals surface area (Å²) >= 11 is 0. The first-order valence-corrected chi connectivity index (χ1v) is 8.72. The first kappa shape index (κ1) is 19.5. The first-order valence-electron chi connectivity index (χ1n) is 8.72. The fourth-order valence-corrected chi connectivity index (χ4v) is 2.80. The van der Waals surface area contributed by atoms with Crippen molar-refractivity contribution in [3.8, 4) is 0 Å². The minimum Gasteiger partial charge on any atom is -0.469 e. The molecule has 4 N–H and O–H groups in total. The number of esters is 1. The van der Waals surface area contributed by atoms with E-state index in [1.54, 1.807) is 30.1 Å². The number of methoxy groups -OCH3 is 1. The van der Waals surface area contributed by atoms with Crippen LogP contribution in [0.15, 0.2) is 24.3 Å². The standard InChI is InChI=1S/C19H26N4O3/c1-23(10-6-4-3-5-7-17(24)26-2)19(25)16-12-14-11-13(18(20)21)8-9-15(14)22-16/h8-9,11-12,22H,3-7,10H2,1-2H3,(H3,20,21). The molecule has 2 rings (SSSR count). The minimum atomic E-state index is -0.177. The Morgan fingerprint density at radius 2 is 1.92 bits per heavy atom. The van der Waals surface area contributed by atoms with Crippen molar-refractivity contribution in [1.82, 2.24) is 9.88 Å². The molecular formula is C19H26N4O3. The van der Waals surface area contributed by atoms with Gasteiger partial charge in [-0.2, -0.15) is 0 Å². The summed E-state index contributed by atoms with van der Waals surface area (Å²) in [6.07, 6.45) is 4.05. The summed E-state index contributed by atoms with van der Waals surface area (Å²) in [6, 6.07) is 7.17. The third-order valence-electron chi connectivity index (χ3n) is 4.36. The van der Waals surface area contributed by atoms with Gasteiger partial charge >= 0.3 is 5.97 Å². The number of hydrogen-bond acceptors (Lipinski definition) is 4. The van der Waals surface area contributed by atoms with Crippen molar-refractivity contribution >= 4 is 28.6 Å². The highest BCUT2D eigenvalue weighted by molar-refractivity contribution is 6.01. The zero-order valence-electron chi connectivity index (χ0n) is 15.3. The van der Waals surface area contributed by atoms with Crippen LogP contribution in [0.25, 0.3) is 10.9 Å². The molecule has 0 bridgehead atoms. The molecule has 1 amide bonds. The maximum Gasteiger partial charge on any atom is 0.305 e. The molecule has 2 aromatic rings. The number of aromatic nitrogens is 1. The number of unbranched alkanes of at least 4 members (excludes halogenated alkanes) is 3. The molecule has 1 aromatic heterocycles. The number of nitrogen functional groups attached to an aromatic ring is 1. The maximum atomic E-state index is 12.5. The van der Waals surface area contributed by atoms with Crippen LogP contribution in [0.2, 0.25) is 0 Å². The molecule has 1 heterocycles. The topological polar surface area (TPSA) is 112 Å². The van der Waals surface area contributed by atoms with Gasteiger partial charge in [0.2, 0.25) is 0 Å². The minimum absolute atomic E-state index is 0.00490. The number of fused-ring (bicyclic) bond motifs is 1. The third kappa shape index (κ3) is 5.08. The van der Waals surface area contributed by atoms with Crippen molar-refractivity contribution < 1.29 is 14.3 Å². The van der Waals surface area contributed by atoms with Crippen molar-refractivity contribution in [2.75, 3.05) is 20.7 Å². The smallest absolute Gasteiger partial charge is 0.305 e. The van der Waals surface area contributed by atoms with E-state index in [4.69, 9.17) is 11.1 Å². The maximum absolute atomic E-state index is 12.5. The van der Waals surface area contributed by atoms with Gasteiger partial charge in [0.25, 0.3) is 5.91 Å². The molecule has 0 aliphatic carbocycles. The number of nitrogens with two attached hydrogens (primary N) is 1. The lowest BCUT2D eigenvalue weighted by atomic mass is 10.1. The Balaban J connectivity index is 1.85. The SMILES string of the molecule is COC(=O)CCCCCCN(C)C(=O)c1cc2cc(C(=N)N)ccc2[nH]1. The van der Waals surface area contributed by atoms with Crippen LogP contribution in [0.1, 0.15) is 48.2 Å². The van der Waals surface area contributed by atoms with Crippen LogP contribution in [-0.2, 0) is 9.53 Å². The molecule has 0 saturated carbocycles. The van der Waals surface area contributed by atoms with Crippen LogP contribution in [0.4, 0.5) is 0 Å². The Bertz CT molecular complexity index is 797. The molecule has 7 nitrogen and oxygen atoms in total. The highest BCUT2D eigenvalue weighted by atomic mass is 16.5. The number of carbonyl (C=O) groups excluding carboxylic acids is 2. The molecule has 7 heteroatoms. The summed E-state index contributed by atoms with van der Waals surface area (Å²) in [5.41, 5.74) is 7.51. The summed E-state index contributed by atoms with van der Waals surface area (Å²) in [5, 5.41) is 8.35. The number of H-pyrrole nitrogens is 1. The Morgan fingerprint density at radius 3 is 2.62 bits per heavy atom. The van der Waals surface area contributed by atoms with Gasteiger partial charge in [-0.05, 0) is 37.1 Å². The van der Waals surface area contributed by atoms with Gasteiger partial charge in [0, 0.05) is 36.5 Å². The number of rotatable bonds is 9. The molecule has 0 fully saturated rings. The monoisotopic (exact) mass is 358 g/mol. The number of nitrogens with one attached hydrogen (secondary N) is 2. The van der Waals surface area contributed by atoms with E-state index in [0.29, 0.717) is 24.2 Å². The molecule has 0 unspecified atom stereocenters. The molecular weight excluding hydrogens is 332 g/mol. The largest absolute Gasteiger partial charge is 0.469 e. The van der Waals surface area contributed by atoms with E-state index in [1.165, 1.54) is 7.11 Å². The number of ether oxygens (including phenoxy) is 1. The number of nitrogens with zero attached hydrogens (tertiary/aromatic N) is 1. The summed E-state index contributed by atoms with van der Waals surface area (Å²) in [6.45, 7) is 0.658. The Kier molecular flexibility index (Phi) is 6.77. The molecule has 0 radical (unpaired) electrons.